The van der Waals surface area contributed by atoms with Crippen molar-refractivity contribution in [3.05, 3.63) is 93.6 Å². The standard InChI is InChI=1S/C32H35N5O5/c1-20-24(35-31(40)42-32(2,3)4)10-11-25-26(20)29(39)41-30(34-25)37-19-15-22-8-6-7-9-23(22)27(37)28(38)36(5)18-14-21-12-16-33-17-13-21/h6-13,16-17,27H,14-15,18-19H2,1-5H3,(H,35,40). The number of nitrogens with zero attached hydrogens (tertiary/aromatic N) is 4. The second-order valence-electron chi connectivity index (χ2n) is 11.5. The van der Waals surface area contributed by atoms with Crippen LogP contribution in [0.4, 0.5) is 16.5 Å². The van der Waals surface area contributed by atoms with Crippen LogP contribution in [0.25, 0.3) is 10.9 Å². The first-order valence-corrected chi connectivity index (χ1v) is 13.9. The highest BCUT2D eigenvalue weighted by Crippen LogP contribution is 2.35. The number of benzene rings is 2. The quantitative estimate of drug-likeness (QED) is 0.343. The first-order valence-electron chi connectivity index (χ1n) is 13.9. The van der Waals surface area contributed by atoms with E-state index in [0.717, 1.165) is 16.7 Å². The molecule has 42 heavy (non-hydrogen) atoms. The molecule has 5 rings (SSSR count). The molecule has 2 amide bonds. The van der Waals surface area contributed by atoms with Crippen LogP contribution >= 0.6 is 0 Å². The molecule has 10 heteroatoms. The zero-order valence-corrected chi connectivity index (χ0v) is 24.5. The second-order valence-corrected chi connectivity index (χ2v) is 11.5. The van der Waals surface area contributed by atoms with Gasteiger partial charge in [0, 0.05) is 38.2 Å². The summed E-state index contributed by atoms with van der Waals surface area (Å²) < 4.78 is 11.1. The minimum atomic E-state index is -0.709. The molecule has 3 heterocycles. The SMILES string of the molecule is Cc1c(NC(=O)OC(C)(C)C)ccc2nc(N3CCc4ccccc4C3C(=O)N(C)CCc3ccncc3)oc(=O)c12. The van der Waals surface area contributed by atoms with Gasteiger partial charge in [0.1, 0.15) is 11.6 Å². The fourth-order valence-corrected chi connectivity index (χ4v) is 5.18. The number of aromatic nitrogens is 2. The van der Waals surface area contributed by atoms with E-state index in [0.29, 0.717) is 42.7 Å². The fraction of sp³-hybridized carbons (Fsp3) is 0.344. The largest absolute Gasteiger partial charge is 0.444 e. The topological polar surface area (TPSA) is 118 Å². The molecule has 10 nitrogen and oxygen atoms in total. The van der Waals surface area contributed by atoms with Crippen LogP contribution in [0.5, 0.6) is 0 Å². The normalized spacial score (nSPS) is 14.8. The van der Waals surface area contributed by atoms with E-state index in [1.165, 1.54) is 0 Å². The predicted octanol–water partition coefficient (Wildman–Crippen LogP) is 5.04. The summed E-state index contributed by atoms with van der Waals surface area (Å²) >= 11 is 0. The van der Waals surface area contributed by atoms with Crippen molar-refractivity contribution in [2.24, 2.45) is 0 Å². The van der Waals surface area contributed by atoms with Gasteiger partial charge in [-0.3, -0.25) is 15.1 Å². The molecule has 0 radical (unpaired) electrons. The van der Waals surface area contributed by atoms with Gasteiger partial charge < -0.3 is 19.0 Å². The van der Waals surface area contributed by atoms with Gasteiger partial charge in [0.05, 0.1) is 10.9 Å². The van der Waals surface area contributed by atoms with Crippen LogP contribution in [0.1, 0.15) is 49.1 Å². The Balaban J connectivity index is 1.47. The molecule has 1 aliphatic rings. The van der Waals surface area contributed by atoms with E-state index in [4.69, 9.17) is 14.1 Å². The summed E-state index contributed by atoms with van der Waals surface area (Å²) in [5.41, 5.74) is 3.10. The molecule has 2 aromatic heterocycles. The lowest BCUT2D eigenvalue weighted by Gasteiger charge is -2.37. The number of likely N-dealkylation sites (N-methyl/N-ethyl adjacent to an activating group) is 1. The average Bonchev–Trinajstić information content (AvgIpc) is 2.95. The summed E-state index contributed by atoms with van der Waals surface area (Å²) in [5, 5.41) is 2.95. The van der Waals surface area contributed by atoms with E-state index in [1.54, 1.807) is 69.1 Å². The minimum absolute atomic E-state index is 0.0788. The zero-order valence-electron chi connectivity index (χ0n) is 24.5. The van der Waals surface area contributed by atoms with Crippen molar-refractivity contribution in [3.8, 4) is 0 Å². The van der Waals surface area contributed by atoms with Crippen molar-refractivity contribution >= 4 is 34.6 Å². The molecule has 1 aliphatic heterocycles. The zero-order chi connectivity index (χ0) is 30.0. The van der Waals surface area contributed by atoms with Crippen molar-refractivity contribution in [2.45, 2.75) is 52.2 Å². The van der Waals surface area contributed by atoms with E-state index >= 15 is 0 Å². The first-order chi connectivity index (χ1) is 20.0. The summed E-state index contributed by atoms with van der Waals surface area (Å²) in [5.74, 6) is -0.117. The second kappa shape index (κ2) is 11.6. The number of amides is 2. The average molecular weight is 570 g/mol. The molecule has 1 atom stereocenters. The summed E-state index contributed by atoms with van der Waals surface area (Å²) in [6.07, 6.45) is 4.20. The number of carbonyl (C=O) groups excluding carboxylic acids is 2. The van der Waals surface area contributed by atoms with Crippen LogP contribution in [0.3, 0.4) is 0 Å². The maximum absolute atomic E-state index is 14.0. The number of fused-ring (bicyclic) bond motifs is 2. The lowest BCUT2D eigenvalue weighted by atomic mass is 9.92. The van der Waals surface area contributed by atoms with Gasteiger partial charge in [-0.25, -0.2) is 9.59 Å². The summed E-state index contributed by atoms with van der Waals surface area (Å²) in [6, 6.07) is 14.4. The van der Waals surface area contributed by atoms with Crippen molar-refractivity contribution in [1.82, 2.24) is 14.9 Å². The Bertz CT molecular complexity index is 1680. The third kappa shape index (κ3) is 6.12. The lowest BCUT2D eigenvalue weighted by molar-refractivity contribution is -0.131. The maximum atomic E-state index is 14.0. The number of aryl methyl sites for hydroxylation is 1. The molecule has 218 valence electrons. The molecule has 0 saturated heterocycles. The summed E-state index contributed by atoms with van der Waals surface area (Å²) in [7, 11) is 1.78. The highest BCUT2D eigenvalue weighted by molar-refractivity contribution is 5.93. The number of carbonyl (C=O) groups is 2. The van der Waals surface area contributed by atoms with Crippen molar-refractivity contribution in [2.75, 3.05) is 30.4 Å². The Hall–Kier alpha value is -4.73. The van der Waals surface area contributed by atoms with Crippen molar-refractivity contribution in [3.63, 3.8) is 0 Å². The van der Waals surface area contributed by atoms with E-state index in [1.807, 2.05) is 36.4 Å². The number of rotatable bonds is 6. The van der Waals surface area contributed by atoms with E-state index in [9.17, 15) is 14.4 Å². The van der Waals surface area contributed by atoms with Gasteiger partial charge in [-0.1, -0.05) is 24.3 Å². The Morgan fingerprint density at radius 2 is 1.86 bits per heavy atom. The first kappa shape index (κ1) is 28.8. The molecule has 0 spiro atoms. The number of hydrogen-bond donors (Lipinski definition) is 1. The molecule has 2 aromatic carbocycles. The van der Waals surface area contributed by atoms with Gasteiger partial charge in [-0.2, -0.15) is 4.98 Å². The molecule has 0 saturated carbocycles. The van der Waals surface area contributed by atoms with Crippen molar-refractivity contribution < 1.29 is 18.7 Å². The van der Waals surface area contributed by atoms with Crippen LogP contribution < -0.4 is 15.8 Å². The number of anilines is 2. The maximum Gasteiger partial charge on any atom is 0.412 e. The van der Waals surface area contributed by atoms with Gasteiger partial charge >= 0.3 is 17.7 Å². The van der Waals surface area contributed by atoms with E-state index in [-0.39, 0.29) is 17.3 Å². The minimum Gasteiger partial charge on any atom is -0.444 e. The highest BCUT2D eigenvalue weighted by Gasteiger charge is 2.37. The Labute approximate surface area is 244 Å². The number of ether oxygens (including phenoxy) is 1. The van der Waals surface area contributed by atoms with Gasteiger partial charge in [0.25, 0.3) is 0 Å². The Morgan fingerprint density at radius 3 is 2.60 bits per heavy atom. The highest BCUT2D eigenvalue weighted by atomic mass is 16.6. The predicted molar refractivity (Wildman–Crippen MR) is 161 cm³/mol. The monoisotopic (exact) mass is 569 g/mol. The van der Waals surface area contributed by atoms with E-state index in [2.05, 4.69) is 10.3 Å². The third-order valence-corrected chi connectivity index (χ3v) is 7.31. The van der Waals surface area contributed by atoms with Crippen LogP contribution in [0.15, 0.2) is 70.1 Å². The molecular weight excluding hydrogens is 534 g/mol. The van der Waals surface area contributed by atoms with Crippen LogP contribution in [0, 0.1) is 6.92 Å². The number of hydrogen-bond acceptors (Lipinski definition) is 8. The molecular formula is C32H35N5O5. The third-order valence-electron chi connectivity index (χ3n) is 7.31. The van der Waals surface area contributed by atoms with Crippen LogP contribution in [-0.2, 0) is 22.4 Å². The van der Waals surface area contributed by atoms with Gasteiger partial charge in [-0.15, -0.1) is 0 Å². The molecule has 0 aliphatic carbocycles. The van der Waals surface area contributed by atoms with E-state index < -0.39 is 23.4 Å². The van der Waals surface area contributed by atoms with Gasteiger partial charge in [0.2, 0.25) is 5.91 Å². The molecule has 1 unspecified atom stereocenters. The molecule has 4 aromatic rings. The molecule has 0 fully saturated rings. The summed E-state index contributed by atoms with van der Waals surface area (Å²) in [6.45, 7) is 8.00. The lowest BCUT2D eigenvalue weighted by Crippen LogP contribution is -2.46. The molecule has 0 bridgehead atoms. The van der Waals surface area contributed by atoms with Gasteiger partial charge in [-0.05, 0) is 87.1 Å². The molecule has 1 N–H and O–H groups in total. The number of nitrogens with one attached hydrogen (secondary N) is 1. The Morgan fingerprint density at radius 1 is 1.12 bits per heavy atom. The smallest absolute Gasteiger partial charge is 0.412 e. The van der Waals surface area contributed by atoms with Gasteiger partial charge in [0.15, 0.2) is 0 Å². The van der Waals surface area contributed by atoms with Crippen LogP contribution in [0.2, 0.25) is 0 Å². The van der Waals surface area contributed by atoms with Crippen molar-refractivity contribution in [1.29, 1.82) is 0 Å². The summed E-state index contributed by atoms with van der Waals surface area (Å²) in [4.78, 5) is 51.9. The number of pyridine rings is 1. The Kier molecular flexibility index (Phi) is 7.98. The van der Waals surface area contributed by atoms with Crippen LogP contribution in [-0.4, -0.2) is 52.6 Å². The fourth-order valence-electron chi connectivity index (χ4n) is 5.18.